The van der Waals surface area contributed by atoms with Gasteiger partial charge in [-0.05, 0) is 64.5 Å². The summed E-state index contributed by atoms with van der Waals surface area (Å²) in [5, 5.41) is 14.4. The van der Waals surface area contributed by atoms with Gasteiger partial charge < -0.3 is 10.4 Å². The van der Waals surface area contributed by atoms with E-state index in [2.05, 4.69) is 21.2 Å². The van der Waals surface area contributed by atoms with Crippen molar-refractivity contribution in [1.29, 1.82) is 0 Å². The van der Waals surface area contributed by atoms with Crippen molar-refractivity contribution in [2.24, 2.45) is 5.92 Å². The fraction of sp³-hybridized carbons (Fsp3) is 0.294. The summed E-state index contributed by atoms with van der Waals surface area (Å²) in [5.41, 5.74) is 1.62. The molecule has 0 heterocycles. The number of para-hydroxylation sites is 1. The molecule has 21 heavy (non-hydrogen) atoms. The van der Waals surface area contributed by atoms with Gasteiger partial charge in [-0.1, -0.05) is 35.9 Å². The normalized spacial score (nSPS) is 17.3. The Morgan fingerprint density at radius 2 is 1.81 bits per heavy atom. The summed E-state index contributed by atoms with van der Waals surface area (Å²) in [5.74, 6) is 0.441. The highest BCUT2D eigenvalue weighted by molar-refractivity contribution is 9.10. The highest BCUT2D eigenvalue weighted by Gasteiger charge is 2.46. The van der Waals surface area contributed by atoms with Gasteiger partial charge in [0.05, 0.1) is 12.1 Å². The molecule has 1 fully saturated rings. The highest BCUT2D eigenvalue weighted by atomic mass is 79.9. The van der Waals surface area contributed by atoms with Crippen LogP contribution in [0.3, 0.4) is 0 Å². The Kier molecular flexibility index (Phi) is 4.25. The predicted molar refractivity (Wildman–Crippen MR) is 90.7 cm³/mol. The molecule has 0 aromatic heterocycles. The summed E-state index contributed by atoms with van der Waals surface area (Å²) in [6.45, 7) is 0.0562. The first kappa shape index (κ1) is 14.9. The number of rotatable bonds is 5. The smallest absolute Gasteiger partial charge is 0.0885 e. The molecule has 1 aliphatic rings. The number of anilines is 1. The van der Waals surface area contributed by atoms with Gasteiger partial charge in [-0.25, -0.2) is 0 Å². The van der Waals surface area contributed by atoms with Crippen molar-refractivity contribution in [2.75, 3.05) is 11.9 Å². The molecule has 3 rings (SSSR count). The van der Waals surface area contributed by atoms with E-state index >= 15 is 0 Å². The SMILES string of the molecule is OCC(Nc1ccccc1Br)(c1ccc(Cl)cc1)C1CC1. The topological polar surface area (TPSA) is 32.3 Å². The number of aliphatic hydroxyl groups is 1. The zero-order valence-electron chi connectivity index (χ0n) is 11.5. The average Bonchev–Trinajstić information content (AvgIpc) is 3.33. The van der Waals surface area contributed by atoms with E-state index in [-0.39, 0.29) is 6.61 Å². The molecule has 2 aromatic carbocycles. The largest absolute Gasteiger partial charge is 0.394 e. The summed E-state index contributed by atoms with van der Waals surface area (Å²) in [7, 11) is 0. The van der Waals surface area contributed by atoms with E-state index in [1.54, 1.807) is 0 Å². The van der Waals surface area contributed by atoms with Gasteiger partial charge in [-0.3, -0.25) is 0 Å². The summed E-state index contributed by atoms with van der Waals surface area (Å²) >= 11 is 9.56. The van der Waals surface area contributed by atoms with Gasteiger partial charge in [-0.15, -0.1) is 0 Å². The molecule has 1 unspecified atom stereocenters. The van der Waals surface area contributed by atoms with Crippen LogP contribution in [0.15, 0.2) is 53.0 Å². The molecule has 0 spiro atoms. The van der Waals surface area contributed by atoms with Gasteiger partial charge in [0.2, 0.25) is 0 Å². The second-order valence-electron chi connectivity index (χ2n) is 5.52. The van der Waals surface area contributed by atoms with Crippen LogP contribution in [0.1, 0.15) is 18.4 Å². The first-order valence-corrected chi connectivity index (χ1v) is 8.22. The summed E-state index contributed by atoms with van der Waals surface area (Å²) < 4.78 is 0.998. The molecule has 0 radical (unpaired) electrons. The fourth-order valence-electron chi connectivity index (χ4n) is 2.80. The molecular formula is C17H17BrClNO. The monoisotopic (exact) mass is 365 g/mol. The average molecular weight is 367 g/mol. The number of nitrogens with one attached hydrogen (secondary N) is 1. The van der Waals surface area contributed by atoms with Crippen LogP contribution in [-0.4, -0.2) is 11.7 Å². The molecule has 2 aromatic rings. The lowest BCUT2D eigenvalue weighted by Gasteiger charge is -2.35. The molecule has 0 aliphatic heterocycles. The summed E-state index contributed by atoms with van der Waals surface area (Å²) in [4.78, 5) is 0. The predicted octanol–water partition coefficient (Wildman–Crippen LogP) is 4.81. The maximum Gasteiger partial charge on any atom is 0.0885 e. The van der Waals surface area contributed by atoms with Crippen LogP contribution >= 0.6 is 27.5 Å². The van der Waals surface area contributed by atoms with E-state index in [1.807, 2.05) is 48.5 Å². The van der Waals surface area contributed by atoms with Crippen molar-refractivity contribution in [2.45, 2.75) is 18.4 Å². The molecule has 1 aliphatic carbocycles. The van der Waals surface area contributed by atoms with Crippen molar-refractivity contribution in [3.8, 4) is 0 Å². The van der Waals surface area contributed by atoms with E-state index in [1.165, 1.54) is 0 Å². The zero-order valence-corrected chi connectivity index (χ0v) is 13.9. The standard InChI is InChI=1S/C17H17BrClNO/c18-15-3-1-2-4-16(15)20-17(11-21,12-5-6-12)13-7-9-14(19)10-8-13/h1-4,7-10,12,20-21H,5-6,11H2. The number of halogens is 2. The maximum absolute atomic E-state index is 10.2. The third-order valence-electron chi connectivity index (χ3n) is 4.11. The maximum atomic E-state index is 10.2. The van der Waals surface area contributed by atoms with E-state index < -0.39 is 5.54 Å². The zero-order chi connectivity index (χ0) is 14.9. The third kappa shape index (κ3) is 2.96. The Labute approximate surface area is 138 Å². The van der Waals surface area contributed by atoms with Gasteiger partial charge in [0, 0.05) is 15.2 Å². The van der Waals surface area contributed by atoms with Crippen LogP contribution in [-0.2, 0) is 5.54 Å². The molecule has 0 saturated heterocycles. The van der Waals surface area contributed by atoms with Gasteiger partial charge in [0.25, 0.3) is 0 Å². The fourth-order valence-corrected chi connectivity index (χ4v) is 3.31. The van der Waals surface area contributed by atoms with Gasteiger partial charge in [0.1, 0.15) is 0 Å². The van der Waals surface area contributed by atoms with Crippen LogP contribution in [0.4, 0.5) is 5.69 Å². The first-order valence-electron chi connectivity index (χ1n) is 7.05. The molecule has 2 N–H and O–H groups in total. The molecule has 4 heteroatoms. The van der Waals surface area contributed by atoms with Gasteiger partial charge in [-0.2, -0.15) is 0 Å². The lowest BCUT2D eigenvalue weighted by molar-refractivity contribution is 0.193. The Bertz CT molecular complexity index is 627. The van der Waals surface area contributed by atoms with E-state index in [9.17, 15) is 5.11 Å². The van der Waals surface area contributed by atoms with Crippen molar-refractivity contribution in [3.05, 3.63) is 63.6 Å². The van der Waals surface area contributed by atoms with E-state index in [4.69, 9.17) is 11.6 Å². The highest BCUT2D eigenvalue weighted by Crippen LogP contribution is 2.48. The lowest BCUT2D eigenvalue weighted by Crippen LogP contribution is -2.41. The van der Waals surface area contributed by atoms with Crippen molar-refractivity contribution in [1.82, 2.24) is 0 Å². The number of hydrogen-bond acceptors (Lipinski definition) is 2. The Balaban J connectivity index is 2.01. The molecule has 0 bridgehead atoms. The van der Waals surface area contributed by atoms with E-state index in [0.717, 1.165) is 28.6 Å². The van der Waals surface area contributed by atoms with Crippen LogP contribution in [0, 0.1) is 5.92 Å². The molecule has 1 saturated carbocycles. The van der Waals surface area contributed by atoms with Crippen LogP contribution in [0.5, 0.6) is 0 Å². The van der Waals surface area contributed by atoms with Crippen LogP contribution < -0.4 is 5.32 Å². The quantitative estimate of drug-likeness (QED) is 0.795. The molecule has 0 amide bonds. The van der Waals surface area contributed by atoms with E-state index in [0.29, 0.717) is 10.9 Å². The first-order chi connectivity index (χ1) is 10.2. The minimum Gasteiger partial charge on any atom is -0.394 e. The van der Waals surface area contributed by atoms with Crippen molar-refractivity contribution >= 4 is 33.2 Å². The summed E-state index contributed by atoms with van der Waals surface area (Å²) in [6.07, 6.45) is 2.25. The van der Waals surface area contributed by atoms with Gasteiger partial charge >= 0.3 is 0 Å². The molecule has 2 nitrogen and oxygen atoms in total. The number of benzene rings is 2. The Hall–Kier alpha value is -1.03. The lowest BCUT2D eigenvalue weighted by atomic mass is 9.85. The molecule has 110 valence electrons. The Morgan fingerprint density at radius 1 is 1.14 bits per heavy atom. The van der Waals surface area contributed by atoms with Crippen molar-refractivity contribution in [3.63, 3.8) is 0 Å². The molecular weight excluding hydrogens is 350 g/mol. The van der Waals surface area contributed by atoms with Crippen LogP contribution in [0.2, 0.25) is 5.02 Å². The minimum absolute atomic E-state index is 0.0562. The number of hydrogen-bond donors (Lipinski definition) is 2. The second-order valence-corrected chi connectivity index (χ2v) is 6.81. The minimum atomic E-state index is -0.450. The third-order valence-corrected chi connectivity index (χ3v) is 5.06. The second kappa shape index (κ2) is 5.99. The molecule has 1 atom stereocenters. The Morgan fingerprint density at radius 3 is 2.38 bits per heavy atom. The number of aliphatic hydroxyl groups excluding tert-OH is 1. The van der Waals surface area contributed by atoms with Crippen molar-refractivity contribution < 1.29 is 5.11 Å². The van der Waals surface area contributed by atoms with Crippen LogP contribution in [0.25, 0.3) is 0 Å². The summed E-state index contributed by atoms with van der Waals surface area (Å²) in [6, 6.07) is 15.8. The van der Waals surface area contributed by atoms with Gasteiger partial charge in [0.15, 0.2) is 0 Å².